The summed E-state index contributed by atoms with van der Waals surface area (Å²) in [6.07, 6.45) is 2.30. The van der Waals surface area contributed by atoms with E-state index in [1.807, 2.05) is 24.3 Å². The van der Waals surface area contributed by atoms with Crippen molar-refractivity contribution in [3.63, 3.8) is 0 Å². The number of carbonyl (C=O) groups excluding carboxylic acids is 1. The van der Waals surface area contributed by atoms with E-state index >= 15 is 0 Å². The summed E-state index contributed by atoms with van der Waals surface area (Å²) >= 11 is 8.60. The molecule has 0 unspecified atom stereocenters. The Hall–Kier alpha value is -1.73. The number of methoxy groups -OCH3 is 1. The summed E-state index contributed by atoms with van der Waals surface area (Å²) in [5.74, 6) is 0.292. The van der Waals surface area contributed by atoms with Gasteiger partial charge in [-0.3, -0.25) is 4.79 Å². The molecule has 0 saturated carbocycles. The number of ether oxygens (including phenoxy) is 1. The zero-order chi connectivity index (χ0) is 16.1. The SMILES string of the molecule is COC(=O)Cc1cnc(Cc2ccc(N)cc2)nc1C(S)S. The van der Waals surface area contributed by atoms with Gasteiger partial charge in [-0.25, -0.2) is 9.97 Å². The van der Waals surface area contributed by atoms with Crippen molar-refractivity contribution < 1.29 is 9.53 Å². The Morgan fingerprint density at radius 1 is 1.32 bits per heavy atom. The maximum absolute atomic E-state index is 11.4. The van der Waals surface area contributed by atoms with E-state index in [0.29, 0.717) is 29.2 Å². The second-order valence-electron chi connectivity index (χ2n) is 4.74. The predicted octanol–water partition coefficient (Wildman–Crippen LogP) is 2.22. The predicted molar refractivity (Wildman–Crippen MR) is 92.1 cm³/mol. The number of carbonyl (C=O) groups is 1. The molecule has 0 atom stereocenters. The van der Waals surface area contributed by atoms with Gasteiger partial charge in [0.1, 0.15) is 5.82 Å². The number of benzene rings is 1. The number of rotatable bonds is 5. The summed E-state index contributed by atoms with van der Waals surface area (Å²) in [7, 11) is 1.34. The highest BCUT2D eigenvalue weighted by molar-refractivity contribution is 7.98. The van der Waals surface area contributed by atoms with Gasteiger partial charge in [0.05, 0.1) is 23.8 Å². The lowest BCUT2D eigenvalue weighted by Crippen LogP contribution is -2.11. The molecule has 1 aromatic heterocycles. The topological polar surface area (TPSA) is 78.1 Å². The number of nitrogens with zero attached hydrogens (tertiary/aromatic N) is 2. The fraction of sp³-hybridized carbons (Fsp3) is 0.267. The highest BCUT2D eigenvalue weighted by Gasteiger charge is 2.15. The van der Waals surface area contributed by atoms with Gasteiger partial charge in [0.15, 0.2) is 0 Å². The van der Waals surface area contributed by atoms with Gasteiger partial charge >= 0.3 is 5.97 Å². The number of thiol groups is 2. The molecule has 0 bridgehead atoms. The Balaban J connectivity index is 2.24. The van der Waals surface area contributed by atoms with Gasteiger partial charge in [0.25, 0.3) is 0 Å². The van der Waals surface area contributed by atoms with E-state index in [-0.39, 0.29) is 12.4 Å². The molecular formula is C15H17N3O2S2. The van der Waals surface area contributed by atoms with Crippen LogP contribution in [0.2, 0.25) is 0 Å². The molecule has 2 aromatic rings. The first-order valence-corrected chi connectivity index (χ1v) is 7.65. The minimum Gasteiger partial charge on any atom is -0.469 e. The van der Waals surface area contributed by atoms with Crippen molar-refractivity contribution in [2.75, 3.05) is 12.8 Å². The van der Waals surface area contributed by atoms with Gasteiger partial charge < -0.3 is 10.5 Å². The number of anilines is 1. The van der Waals surface area contributed by atoms with Crippen molar-refractivity contribution >= 4 is 36.9 Å². The molecular weight excluding hydrogens is 318 g/mol. The van der Waals surface area contributed by atoms with Gasteiger partial charge in [0.2, 0.25) is 0 Å². The lowest BCUT2D eigenvalue weighted by atomic mass is 10.1. The van der Waals surface area contributed by atoms with Crippen molar-refractivity contribution in [2.24, 2.45) is 0 Å². The molecule has 0 fully saturated rings. The number of nitrogens with two attached hydrogens (primary N) is 1. The molecule has 1 aromatic carbocycles. The van der Waals surface area contributed by atoms with Crippen LogP contribution in [0.1, 0.15) is 27.2 Å². The van der Waals surface area contributed by atoms with Crippen LogP contribution in [-0.2, 0) is 22.4 Å². The molecule has 22 heavy (non-hydrogen) atoms. The molecule has 2 rings (SSSR count). The summed E-state index contributed by atoms with van der Waals surface area (Å²) in [4.78, 5) is 20.2. The fourth-order valence-corrected chi connectivity index (χ4v) is 2.40. The third-order valence-corrected chi connectivity index (χ3v) is 3.59. The van der Waals surface area contributed by atoms with Gasteiger partial charge in [-0.1, -0.05) is 12.1 Å². The molecule has 0 aliphatic rings. The van der Waals surface area contributed by atoms with Crippen molar-refractivity contribution in [3.05, 3.63) is 53.1 Å². The first kappa shape index (κ1) is 16.6. The minimum atomic E-state index is -0.396. The fourth-order valence-electron chi connectivity index (χ4n) is 1.95. The van der Waals surface area contributed by atoms with E-state index in [9.17, 15) is 4.79 Å². The first-order chi connectivity index (χ1) is 10.5. The van der Waals surface area contributed by atoms with Gasteiger partial charge in [0, 0.05) is 23.9 Å². The molecule has 116 valence electrons. The average molecular weight is 335 g/mol. The summed E-state index contributed by atoms with van der Waals surface area (Å²) in [6, 6.07) is 7.53. The average Bonchev–Trinajstić information content (AvgIpc) is 2.50. The second-order valence-corrected chi connectivity index (χ2v) is 6.18. The number of aromatic nitrogens is 2. The van der Waals surface area contributed by atoms with E-state index in [4.69, 9.17) is 5.73 Å². The molecule has 0 aliphatic heterocycles. The number of hydrogen-bond donors (Lipinski definition) is 3. The van der Waals surface area contributed by atoms with Crippen LogP contribution in [0.3, 0.4) is 0 Å². The molecule has 0 amide bonds. The highest BCUT2D eigenvalue weighted by atomic mass is 32.2. The van der Waals surface area contributed by atoms with Crippen LogP contribution in [0.4, 0.5) is 5.69 Å². The lowest BCUT2D eigenvalue weighted by molar-refractivity contribution is -0.139. The smallest absolute Gasteiger partial charge is 0.310 e. The van der Waals surface area contributed by atoms with E-state index in [1.54, 1.807) is 6.20 Å². The summed E-state index contributed by atoms with van der Waals surface area (Å²) in [5, 5.41) is 0. The normalized spacial score (nSPS) is 10.7. The van der Waals surface area contributed by atoms with E-state index in [1.165, 1.54) is 7.11 Å². The molecule has 0 saturated heterocycles. The highest BCUT2D eigenvalue weighted by Crippen LogP contribution is 2.25. The lowest BCUT2D eigenvalue weighted by Gasteiger charge is -2.11. The number of nitrogen functional groups attached to an aromatic ring is 1. The summed E-state index contributed by atoms with van der Waals surface area (Å²) < 4.78 is 4.27. The standard InChI is InChI=1S/C15H17N3O2S2/c1-20-13(19)7-10-8-17-12(18-14(10)15(21)22)6-9-2-4-11(16)5-3-9/h2-5,8,15,21-22H,6-7,16H2,1H3. The van der Waals surface area contributed by atoms with Crippen LogP contribution in [0.5, 0.6) is 0 Å². The largest absolute Gasteiger partial charge is 0.469 e. The van der Waals surface area contributed by atoms with Crippen LogP contribution in [0.15, 0.2) is 30.5 Å². The molecule has 0 spiro atoms. The molecule has 7 heteroatoms. The van der Waals surface area contributed by atoms with Crippen LogP contribution < -0.4 is 5.73 Å². The Bertz CT molecular complexity index is 660. The third-order valence-electron chi connectivity index (χ3n) is 3.10. The zero-order valence-electron chi connectivity index (χ0n) is 12.1. The van der Waals surface area contributed by atoms with E-state index in [0.717, 1.165) is 5.56 Å². The number of esters is 1. The second kappa shape index (κ2) is 7.51. The van der Waals surface area contributed by atoms with Gasteiger partial charge in [-0.05, 0) is 17.7 Å². The Morgan fingerprint density at radius 3 is 2.59 bits per heavy atom. The van der Waals surface area contributed by atoms with E-state index < -0.39 is 4.58 Å². The maximum atomic E-state index is 11.4. The monoisotopic (exact) mass is 335 g/mol. The molecule has 0 radical (unpaired) electrons. The maximum Gasteiger partial charge on any atom is 0.310 e. The van der Waals surface area contributed by atoms with Crippen LogP contribution in [0, 0.1) is 0 Å². The van der Waals surface area contributed by atoms with Gasteiger partial charge in [-0.15, -0.1) is 0 Å². The molecule has 1 heterocycles. The van der Waals surface area contributed by atoms with Crippen LogP contribution in [-0.4, -0.2) is 23.0 Å². The molecule has 0 aliphatic carbocycles. The molecule has 2 N–H and O–H groups in total. The quantitative estimate of drug-likeness (QED) is 0.338. The van der Waals surface area contributed by atoms with Crippen molar-refractivity contribution in [3.8, 4) is 0 Å². The van der Waals surface area contributed by atoms with Crippen LogP contribution in [0.25, 0.3) is 0 Å². The number of hydrogen-bond acceptors (Lipinski definition) is 7. The Morgan fingerprint density at radius 2 is 2.00 bits per heavy atom. The zero-order valence-corrected chi connectivity index (χ0v) is 13.8. The van der Waals surface area contributed by atoms with E-state index in [2.05, 4.69) is 40.0 Å². The molecule has 5 nitrogen and oxygen atoms in total. The van der Waals surface area contributed by atoms with Crippen LogP contribution >= 0.6 is 25.3 Å². The third kappa shape index (κ3) is 4.38. The minimum absolute atomic E-state index is 0.103. The first-order valence-electron chi connectivity index (χ1n) is 6.61. The summed E-state index contributed by atoms with van der Waals surface area (Å²) in [6.45, 7) is 0. The Kier molecular flexibility index (Phi) is 5.68. The van der Waals surface area contributed by atoms with Gasteiger partial charge in [-0.2, -0.15) is 25.3 Å². The van der Waals surface area contributed by atoms with Crippen molar-refractivity contribution in [2.45, 2.75) is 17.4 Å². The Labute approximate surface area is 140 Å². The summed E-state index contributed by atoms with van der Waals surface area (Å²) in [5.41, 5.74) is 8.72. The van der Waals surface area contributed by atoms with Crippen molar-refractivity contribution in [1.82, 2.24) is 9.97 Å². The van der Waals surface area contributed by atoms with Crippen molar-refractivity contribution in [1.29, 1.82) is 0 Å².